The molecule has 0 spiro atoms. The third kappa shape index (κ3) is 4.94. The van der Waals surface area contributed by atoms with Crippen molar-refractivity contribution in [2.24, 2.45) is 0 Å². The Hall–Kier alpha value is -1.12. The van der Waals surface area contributed by atoms with Crippen molar-refractivity contribution in [3.05, 3.63) is 41.5 Å². The molecule has 1 aromatic carbocycles. The van der Waals surface area contributed by atoms with E-state index in [9.17, 15) is 10.2 Å². The van der Waals surface area contributed by atoms with E-state index in [4.69, 9.17) is 0 Å². The first-order valence-corrected chi connectivity index (χ1v) is 9.62. The Kier molecular flexibility index (Phi) is 8.18. The van der Waals surface area contributed by atoms with Crippen molar-refractivity contribution in [1.82, 2.24) is 0 Å². The van der Waals surface area contributed by atoms with Gasteiger partial charge in [0.1, 0.15) is 0 Å². The molecule has 0 aliphatic heterocycles. The summed E-state index contributed by atoms with van der Waals surface area (Å²) in [5, 5.41) is 22.5. The second-order valence-electron chi connectivity index (χ2n) is 7.11. The number of hydrogen-bond acceptors (Lipinski definition) is 2. The predicted molar refractivity (Wildman–Crippen MR) is 104 cm³/mol. The van der Waals surface area contributed by atoms with E-state index < -0.39 is 11.2 Å². The first-order chi connectivity index (χ1) is 11.4. The lowest BCUT2D eigenvalue weighted by Gasteiger charge is -2.33. The molecule has 0 saturated carbocycles. The Labute approximate surface area is 148 Å². The van der Waals surface area contributed by atoms with E-state index in [-0.39, 0.29) is 0 Å². The molecule has 1 rings (SSSR count). The Morgan fingerprint density at radius 3 is 1.33 bits per heavy atom. The van der Waals surface area contributed by atoms with Gasteiger partial charge in [0, 0.05) is 0 Å². The fraction of sp³-hybridized carbons (Fsp3) is 0.636. The molecule has 0 amide bonds. The van der Waals surface area contributed by atoms with Gasteiger partial charge in [0.2, 0.25) is 0 Å². The number of rotatable bonds is 11. The highest BCUT2D eigenvalue weighted by atomic mass is 16.3. The summed E-state index contributed by atoms with van der Waals surface area (Å²) < 4.78 is 0. The summed E-state index contributed by atoms with van der Waals surface area (Å²) in [6.07, 6.45) is 8.47. The summed E-state index contributed by atoms with van der Waals surface area (Å²) in [7, 11) is 0. The molecule has 0 fully saturated rings. The van der Waals surface area contributed by atoms with Gasteiger partial charge < -0.3 is 10.2 Å². The average Bonchev–Trinajstić information content (AvgIpc) is 2.55. The highest BCUT2D eigenvalue weighted by Crippen LogP contribution is 2.38. The maximum Gasteiger partial charge on any atom is 0.0896 e. The third-order valence-electron chi connectivity index (χ3n) is 4.92. The first-order valence-electron chi connectivity index (χ1n) is 9.62. The van der Waals surface area contributed by atoms with E-state index in [1.165, 1.54) is 0 Å². The average molecular weight is 333 g/mol. The van der Waals surface area contributed by atoms with E-state index in [0.29, 0.717) is 0 Å². The molecule has 2 heteroatoms. The number of aliphatic hydroxyl groups is 2. The van der Waals surface area contributed by atoms with Gasteiger partial charge in [-0.1, -0.05) is 72.1 Å². The minimum atomic E-state index is -0.823. The minimum Gasteiger partial charge on any atom is -0.385 e. The topological polar surface area (TPSA) is 40.5 Å². The van der Waals surface area contributed by atoms with Crippen LogP contribution in [-0.4, -0.2) is 10.2 Å². The molecule has 0 aliphatic carbocycles. The van der Waals surface area contributed by atoms with Gasteiger partial charge in [0.05, 0.1) is 11.2 Å². The Morgan fingerprint density at radius 2 is 1.08 bits per heavy atom. The fourth-order valence-electron chi connectivity index (χ4n) is 3.79. The number of hydrogen-bond donors (Lipinski definition) is 2. The molecule has 0 bridgehead atoms. The van der Waals surface area contributed by atoms with Gasteiger partial charge in [-0.3, -0.25) is 0 Å². The summed E-state index contributed by atoms with van der Waals surface area (Å²) >= 11 is 0. The highest BCUT2D eigenvalue weighted by Gasteiger charge is 2.32. The Balaban J connectivity index is 3.45. The van der Waals surface area contributed by atoms with Crippen molar-refractivity contribution in [3.63, 3.8) is 0 Å². The van der Waals surface area contributed by atoms with Gasteiger partial charge in [-0.15, -0.1) is 0 Å². The molecule has 0 atom stereocenters. The molecule has 0 heterocycles. The van der Waals surface area contributed by atoms with Crippen LogP contribution in [0.5, 0.6) is 0 Å². The van der Waals surface area contributed by atoms with Crippen molar-refractivity contribution >= 4 is 6.08 Å². The molecule has 0 unspecified atom stereocenters. The van der Waals surface area contributed by atoms with Crippen LogP contribution in [0.4, 0.5) is 0 Å². The molecular weight excluding hydrogens is 296 g/mol. The van der Waals surface area contributed by atoms with Crippen molar-refractivity contribution in [2.75, 3.05) is 0 Å². The zero-order valence-electron chi connectivity index (χ0n) is 16.1. The van der Waals surface area contributed by atoms with Crippen LogP contribution in [0.2, 0.25) is 0 Å². The maximum atomic E-state index is 11.2. The normalized spacial score (nSPS) is 12.4. The zero-order chi connectivity index (χ0) is 18.2. The molecule has 2 nitrogen and oxygen atoms in total. The third-order valence-corrected chi connectivity index (χ3v) is 4.92. The minimum absolute atomic E-state index is 0.737. The van der Waals surface area contributed by atoms with Crippen LogP contribution in [0.15, 0.2) is 24.8 Å². The van der Waals surface area contributed by atoms with E-state index in [1.807, 2.05) is 24.3 Å². The largest absolute Gasteiger partial charge is 0.385 e. The highest BCUT2D eigenvalue weighted by molar-refractivity contribution is 5.52. The van der Waals surface area contributed by atoms with Gasteiger partial charge in [-0.05, 0) is 54.5 Å². The molecule has 0 aliphatic rings. The first kappa shape index (κ1) is 20.9. The quantitative estimate of drug-likeness (QED) is 0.529. The van der Waals surface area contributed by atoms with Crippen LogP contribution in [0.1, 0.15) is 95.8 Å². The summed E-state index contributed by atoms with van der Waals surface area (Å²) in [5.41, 5.74) is 1.17. The van der Waals surface area contributed by atoms with Crippen molar-refractivity contribution in [3.8, 4) is 0 Å². The number of benzene rings is 1. The molecule has 24 heavy (non-hydrogen) atoms. The summed E-state index contributed by atoms with van der Waals surface area (Å²) in [5.74, 6) is 0. The summed E-state index contributed by atoms with van der Waals surface area (Å²) in [6, 6.07) is 6.09. The molecule has 2 N–H and O–H groups in total. The van der Waals surface area contributed by atoms with Crippen LogP contribution >= 0.6 is 0 Å². The molecule has 0 aromatic heterocycles. The van der Waals surface area contributed by atoms with E-state index in [0.717, 1.165) is 68.1 Å². The lowest BCUT2D eigenvalue weighted by atomic mass is 9.79. The lowest BCUT2D eigenvalue weighted by molar-refractivity contribution is 0.0105. The smallest absolute Gasteiger partial charge is 0.0896 e. The standard InChI is InChI=1S/C22H36O2/c1-6-11-21(23,12-7-2)19-15-18(10-5)16-20(17-19)22(24,13-8-3)14-9-4/h10,15-17,23-24H,5-9,11-14H2,1-4H3. The fourth-order valence-corrected chi connectivity index (χ4v) is 3.79. The summed E-state index contributed by atoms with van der Waals surface area (Å²) in [6.45, 7) is 12.3. The van der Waals surface area contributed by atoms with Crippen LogP contribution in [0, 0.1) is 0 Å². The second-order valence-corrected chi connectivity index (χ2v) is 7.11. The van der Waals surface area contributed by atoms with Gasteiger partial charge >= 0.3 is 0 Å². The molecule has 136 valence electrons. The van der Waals surface area contributed by atoms with Gasteiger partial charge in [-0.2, -0.15) is 0 Å². The molecule has 0 radical (unpaired) electrons. The van der Waals surface area contributed by atoms with Gasteiger partial charge in [0.15, 0.2) is 0 Å². The van der Waals surface area contributed by atoms with Crippen LogP contribution < -0.4 is 0 Å². The SMILES string of the molecule is C=Cc1cc(C(O)(CCC)CCC)cc(C(O)(CCC)CCC)c1. The molecular formula is C22H36O2. The van der Waals surface area contributed by atoms with Crippen LogP contribution in [0.25, 0.3) is 6.08 Å². The monoisotopic (exact) mass is 332 g/mol. The second kappa shape index (κ2) is 9.39. The Morgan fingerprint density at radius 1 is 0.750 bits per heavy atom. The van der Waals surface area contributed by atoms with E-state index >= 15 is 0 Å². The van der Waals surface area contributed by atoms with E-state index in [2.05, 4.69) is 34.3 Å². The predicted octanol–water partition coefficient (Wildman–Crippen LogP) is 5.91. The zero-order valence-corrected chi connectivity index (χ0v) is 16.1. The summed E-state index contributed by atoms with van der Waals surface area (Å²) in [4.78, 5) is 0. The maximum absolute atomic E-state index is 11.2. The molecule has 0 saturated heterocycles. The van der Waals surface area contributed by atoms with E-state index in [1.54, 1.807) is 0 Å². The lowest BCUT2D eigenvalue weighted by Crippen LogP contribution is -2.29. The van der Waals surface area contributed by atoms with Crippen LogP contribution in [-0.2, 0) is 11.2 Å². The van der Waals surface area contributed by atoms with Gasteiger partial charge in [0.25, 0.3) is 0 Å². The molecule has 1 aromatic rings. The van der Waals surface area contributed by atoms with Crippen LogP contribution in [0.3, 0.4) is 0 Å². The van der Waals surface area contributed by atoms with Gasteiger partial charge in [-0.25, -0.2) is 0 Å². The van der Waals surface area contributed by atoms with Crippen molar-refractivity contribution in [1.29, 1.82) is 0 Å². The Bertz CT molecular complexity index is 466. The van der Waals surface area contributed by atoms with Crippen molar-refractivity contribution in [2.45, 2.75) is 90.3 Å². The van der Waals surface area contributed by atoms with Crippen molar-refractivity contribution < 1.29 is 10.2 Å².